The van der Waals surface area contributed by atoms with Crippen LogP contribution in [0.1, 0.15) is 24.4 Å². The minimum absolute atomic E-state index is 0.311. The van der Waals surface area contributed by atoms with Crippen molar-refractivity contribution < 1.29 is 4.74 Å². The van der Waals surface area contributed by atoms with Crippen molar-refractivity contribution in [3.05, 3.63) is 17.7 Å². The van der Waals surface area contributed by atoms with E-state index in [-0.39, 0.29) is 0 Å². The maximum Gasteiger partial charge on any atom is 0.0949 e. The summed E-state index contributed by atoms with van der Waals surface area (Å²) >= 11 is 0. The van der Waals surface area contributed by atoms with Gasteiger partial charge in [-0.3, -0.25) is 0 Å². The van der Waals surface area contributed by atoms with Gasteiger partial charge in [0.1, 0.15) is 0 Å². The fourth-order valence-electron chi connectivity index (χ4n) is 1.96. The van der Waals surface area contributed by atoms with Crippen LogP contribution in [-0.4, -0.2) is 29.3 Å². The first-order valence-corrected chi connectivity index (χ1v) is 5.14. The van der Waals surface area contributed by atoms with Crippen molar-refractivity contribution in [3.63, 3.8) is 0 Å². The summed E-state index contributed by atoms with van der Waals surface area (Å²) in [6.07, 6.45) is 2.91. The van der Waals surface area contributed by atoms with Gasteiger partial charge in [0, 0.05) is 26.6 Å². The summed E-state index contributed by atoms with van der Waals surface area (Å²) in [5.41, 5.74) is 2.50. The van der Waals surface area contributed by atoms with Gasteiger partial charge >= 0.3 is 0 Å². The Kier molecular flexibility index (Phi) is 2.84. The maximum absolute atomic E-state index is 5.45. The number of imidazole rings is 1. The van der Waals surface area contributed by atoms with E-state index in [0.29, 0.717) is 6.04 Å². The second kappa shape index (κ2) is 4.11. The Morgan fingerprint density at radius 1 is 1.71 bits per heavy atom. The highest BCUT2D eigenvalue weighted by Gasteiger charge is 2.23. The summed E-state index contributed by atoms with van der Waals surface area (Å²) in [7, 11) is 2.04. The Morgan fingerprint density at radius 3 is 3.36 bits per heavy atom. The summed E-state index contributed by atoms with van der Waals surface area (Å²) in [5, 5.41) is 3.45. The molecule has 78 valence electrons. The number of nitrogens with one attached hydrogen (secondary N) is 1. The van der Waals surface area contributed by atoms with Gasteiger partial charge in [-0.25, -0.2) is 4.98 Å². The fraction of sp³-hybridized carbons (Fsp3) is 0.700. The van der Waals surface area contributed by atoms with Crippen LogP contribution in [0.25, 0.3) is 0 Å². The molecule has 1 aromatic rings. The van der Waals surface area contributed by atoms with Crippen LogP contribution in [0.3, 0.4) is 0 Å². The van der Waals surface area contributed by atoms with Crippen molar-refractivity contribution >= 4 is 0 Å². The van der Waals surface area contributed by atoms with E-state index in [2.05, 4.69) is 14.9 Å². The molecule has 0 fully saturated rings. The summed E-state index contributed by atoms with van der Waals surface area (Å²) in [4.78, 5) is 4.38. The molecule has 1 aromatic heterocycles. The minimum Gasteiger partial charge on any atom is -0.380 e. The van der Waals surface area contributed by atoms with Gasteiger partial charge < -0.3 is 14.6 Å². The summed E-state index contributed by atoms with van der Waals surface area (Å²) < 4.78 is 7.54. The first-order chi connectivity index (χ1) is 6.83. The predicted octanol–water partition coefficient (Wildman–Crippen LogP) is 0.643. The third-order valence-electron chi connectivity index (χ3n) is 2.63. The number of hydrogen-bond donors (Lipinski definition) is 1. The highest BCUT2D eigenvalue weighted by atomic mass is 16.5. The molecule has 0 bridgehead atoms. The molecule has 0 saturated carbocycles. The minimum atomic E-state index is 0.311. The number of fused-ring (bicyclic) bond motifs is 1. The number of aromatic nitrogens is 2. The first-order valence-electron chi connectivity index (χ1n) is 5.14. The molecule has 1 atom stereocenters. The largest absolute Gasteiger partial charge is 0.380 e. The quantitative estimate of drug-likeness (QED) is 0.769. The smallest absolute Gasteiger partial charge is 0.0949 e. The molecule has 14 heavy (non-hydrogen) atoms. The van der Waals surface area contributed by atoms with Crippen LogP contribution >= 0.6 is 0 Å². The van der Waals surface area contributed by atoms with Crippen molar-refractivity contribution in [1.29, 1.82) is 0 Å². The number of hydrogen-bond acceptors (Lipinski definition) is 3. The van der Waals surface area contributed by atoms with Gasteiger partial charge in [-0.15, -0.1) is 0 Å². The van der Waals surface area contributed by atoms with Crippen LogP contribution < -0.4 is 5.32 Å². The van der Waals surface area contributed by atoms with Gasteiger partial charge in [0.25, 0.3) is 0 Å². The monoisotopic (exact) mass is 195 g/mol. The molecule has 0 aromatic carbocycles. The maximum atomic E-state index is 5.45. The van der Waals surface area contributed by atoms with Gasteiger partial charge in [-0.05, 0) is 6.92 Å². The number of ether oxygens (including phenoxy) is 1. The lowest BCUT2D eigenvalue weighted by molar-refractivity contribution is 0.119. The molecule has 4 heteroatoms. The van der Waals surface area contributed by atoms with Gasteiger partial charge in [0.15, 0.2) is 0 Å². The van der Waals surface area contributed by atoms with E-state index in [4.69, 9.17) is 4.74 Å². The third kappa shape index (κ3) is 1.67. The summed E-state index contributed by atoms with van der Waals surface area (Å²) in [6, 6.07) is 0.311. The second-order valence-electron chi connectivity index (χ2n) is 3.60. The van der Waals surface area contributed by atoms with E-state index in [1.165, 1.54) is 11.4 Å². The molecule has 2 rings (SSSR count). The van der Waals surface area contributed by atoms with Crippen LogP contribution in [0.2, 0.25) is 0 Å². The Hall–Kier alpha value is -0.870. The Balaban J connectivity index is 2.16. The number of nitrogens with zero attached hydrogens (tertiary/aromatic N) is 2. The molecule has 1 aliphatic heterocycles. The topological polar surface area (TPSA) is 39.1 Å². The van der Waals surface area contributed by atoms with Crippen molar-refractivity contribution in [1.82, 2.24) is 14.9 Å². The van der Waals surface area contributed by atoms with Crippen LogP contribution in [0.15, 0.2) is 6.33 Å². The lowest BCUT2D eigenvalue weighted by Gasteiger charge is -2.24. The van der Waals surface area contributed by atoms with E-state index in [1.54, 1.807) is 0 Å². The van der Waals surface area contributed by atoms with Crippen LogP contribution in [-0.2, 0) is 18.2 Å². The van der Waals surface area contributed by atoms with Gasteiger partial charge in [0.05, 0.1) is 30.4 Å². The molecule has 2 heterocycles. The average Bonchev–Trinajstić information content (AvgIpc) is 2.58. The standard InChI is InChI=1S/C10H17N3O/c1-3-14-6-9-10-8(4-5-11-9)12-7-13(10)2/h7,9,11H,3-6H2,1-2H3/t9-/m0/s1. The highest BCUT2D eigenvalue weighted by Crippen LogP contribution is 2.21. The molecule has 0 saturated heterocycles. The van der Waals surface area contributed by atoms with Gasteiger partial charge in [0.2, 0.25) is 0 Å². The van der Waals surface area contributed by atoms with E-state index in [0.717, 1.165) is 26.2 Å². The second-order valence-corrected chi connectivity index (χ2v) is 3.60. The SMILES string of the molecule is CCOC[C@@H]1NCCc2ncn(C)c21. The van der Waals surface area contributed by atoms with Gasteiger partial charge in [-0.1, -0.05) is 0 Å². The zero-order valence-electron chi connectivity index (χ0n) is 8.79. The number of rotatable bonds is 3. The molecule has 0 aliphatic carbocycles. The van der Waals surface area contributed by atoms with E-state index in [9.17, 15) is 0 Å². The fourth-order valence-corrected chi connectivity index (χ4v) is 1.96. The summed E-state index contributed by atoms with van der Waals surface area (Å²) in [6.45, 7) is 4.53. The zero-order valence-corrected chi connectivity index (χ0v) is 8.79. The molecule has 0 amide bonds. The molecule has 1 N–H and O–H groups in total. The molecule has 0 radical (unpaired) electrons. The Bertz CT molecular complexity index is 308. The Morgan fingerprint density at radius 2 is 2.57 bits per heavy atom. The normalized spacial score (nSPS) is 20.9. The van der Waals surface area contributed by atoms with Crippen molar-refractivity contribution in [2.24, 2.45) is 7.05 Å². The van der Waals surface area contributed by atoms with Crippen LogP contribution in [0.5, 0.6) is 0 Å². The lowest BCUT2D eigenvalue weighted by atomic mass is 10.1. The predicted molar refractivity (Wildman–Crippen MR) is 54.1 cm³/mol. The van der Waals surface area contributed by atoms with Gasteiger partial charge in [-0.2, -0.15) is 0 Å². The molecular weight excluding hydrogens is 178 g/mol. The van der Waals surface area contributed by atoms with E-state index in [1.807, 2.05) is 20.3 Å². The van der Waals surface area contributed by atoms with Crippen molar-refractivity contribution in [3.8, 4) is 0 Å². The van der Waals surface area contributed by atoms with E-state index < -0.39 is 0 Å². The van der Waals surface area contributed by atoms with Crippen LogP contribution in [0.4, 0.5) is 0 Å². The average molecular weight is 195 g/mol. The Labute approximate surface area is 84.3 Å². The molecule has 4 nitrogen and oxygen atoms in total. The lowest BCUT2D eigenvalue weighted by Crippen LogP contribution is -2.34. The van der Waals surface area contributed by atoms with Crippen LogP contribution in [0, 0.1) is 0 Å². The number of aryl methyl sites for hydroxylation is 1. The van der Waals surface area contributed by atoms with E-state index >= 15 is 0 Å². The first kappa shape index (κ1) is 9.68. The highest BCUT2D eigenvalue weighted by molar-refractivity contribution is 5.20. The zero-order chi connectivity index (χ0) is 9.97. The third-order valence-corrected chi connectivity index (χ3v) is 2.63. The molecular formula is C10H17N3O. The summed E-state index contributed by atoms with van der Waals surface area (Å²) in [5.74, 6) is 0. The molecule has 1 aliphatic rings. The van der Waals surface area contributed by atoms with Crippen molar-refractivity contribution in [2.45, 2.75) is 19.4 Å². The van der Waals surface area contributed by atoms with Crippen molar-refractivity contribution in [2.75, 3.05) is 19.8 Å². The molecule has 0 spiro atoms. The molecule has 0 unspecified atom stereocenters.